The summed E-state index contributed by atoms with van der Waals surface area (Å²) < 4.78 is 5.13. The molecule has 140 valence electrons. The van der Waals surface area contributed by atoms with Crippen LogP contribution >= 0.6 is 0 Å². The molecule has 0 aromatic carbocycles. The first kappa shape index (κ1) is 18.0. The number of carbonyl (C=O) groups excluding carboxylic acids is 4. The third kappa shape index (κ3) is 3.56. The number of piperidine rings is 1. The van der Waals surface area contributed by atoms with Gasteiger partial charge in [0.25, 0.3) is 11.8 Å². The lowest BCUT2D eigenvalue weighted by Crippen LogP contribution is -2.52. The van der Waals surface area contributed by atoms with Gasteiger partial charge in [-0.05, 0) is 38.8 Å². The highest BCUT2D eigenvalue weighted by molar-refractivity contribution is 6.08. The van der Waals surface area contributed by atoms with Crippen LogP contribution in [0.3, 0.4) is 0 Å². The van der Waals surface area contributed by atoms with Crippen molar-refractivity contribution in [2.24, 2.45) is 0 Å². The molecule has 9 nitrogen and oxygen atoms in total. The predicted molar refractivity (Wildman–Crippen MR) is 90.1 cm³/mol. The first-order chi connectivity index (χ1) is 12.3. The highest BCUT2D eigenvalue weighted by atomic mass is 16.3. The molecule has 1 unspecified atom stereocenters. The number of amides is 5. The molecule has 0 spiro atoms. The van der Waals surface area contributed by atoms with E-state index < -0.39 is 23.4 Å². The number of likely N-dealkylation sites (tertiary alicyclic amines) is 1. The van der Waals surface area contributed by atoms with Gasteiger partial charge in [-0.1, -0.05) is 0 Å². The van der Waals surface area contributed by atoms with Crippen LogP contribution < -0.4 is 10.6 Å². The van der Waals surface area contributed by atoms with Crippen LogP contribution in [0.2, 0.25) is 0 Å². The smallest absolute Gasteiger partial charge is 0.325 e. The Balaban J connectivity index is 1.55. The lowest BCUT2D eigenvalue weighted by atomic mass is 10.1. The monoisotopic (exact) mass is 362 g/mol. The molecule has 0 bridgehead atoms. The van der Waals surface area contributed by atoms with E-state index >= 15 is 0 Å². The van der Waals surface area contributed by atoms with Gasteiger partial charge in [-0.2, -0.15) is 0 Å². The molecule has 0 aliphatic carbocycles. The molecule has 9 heteroatoms. The minimum Gasteiger partial charge on any atom is -0.459 e. The average molecular weight is 362 g/mol. The van der Waals surface area contributed by atoms with E-state index in [0.29, 0.717) is 13.1 Å². The second-order valence-corrected chi connectivity index (χ2v) is 7.08. The van der Waals surface area contributed by atoms with Crippen LogP contribution in [0, 0.1) is 0 Å². The van der Waals surface area contributed by atoms with Gasteiger partial charge in [-0.15, -0.1) is 0 Å². The van der Waals surface area contributed by atoms with E-state index in [1.807, 2.05) is 0 Å². The largest absolute Gasteiger partial charge is 0.459 e. The summed E-state index contributed by atoms with van der Waals surface area (Å²) >= 11 is 0. The topological polar surface area (TPSA) is 112 Å². The normalized spacial score (nSPS) is 22.3. The molecule has 3 heterocycles. The average Bonchev–Trinajstić information content (AvgIpc) is 3.18. The van der Waals surface area contributed by atoms with Crippen molar-refractivity contribution >= 4 is 23.8 Å². The van der Waals surface area contributed by atoms with E-state index in [9.17, 15) is 19.2 Å². The number of furan rings is 1. The number of nitrogens with one attached hydrogen (secondary N) is 2. The number of hydrogen-bond donors (Lipinski definition) is 2. The minimum atomic E-state index is -1.01. The highest BCUT2D eigenvalue weighted by Crippen LogP contribution is 2.17. The van der Waals surface area contributed by atoms with E-state index in [1.165, 1.54) is 6.26 Å². The van der Waals surface area contributed by atoms with Crippen molar-refractivity contribution in [1.29, 1.82) is 0 Å². The van der Waals surface area contributed by atoms with Crippen molar-refractivity contribution in [3.05, 3.63) is 24.2 Å². The zero-order valence-corrected chi connectivity index (χ0v) is 14.8. The summed E-state index contributed by atoms with van der Waals surface area (Å²) in [6.07, 6.45) is 2.91. The molecule has 0 radical (unpaired) electrons. The highest BCUT2D eigenvalue weighted by Gasteiger charge is 2.45. The molecule has 2 N–H and O–H groups in total. The SMILES string of the molecule is CC1(C)NC(=O)N(CC(=O)NC2CCCN(C(=O)c3ccco3)C2)C1=O. The van der Waals surface area contributed by atoms with Crippen molar-refractivity contribution in [3.63, 3.8) is 0 Å². The van der Waals surface area contributed by atoms with Crippen molar-refractivity contribution < 1.29 is 23.6 Å². The second kappa shape index (κ2) is 6.81. The zero-order valence-electron chi connectivity index (χ0n) is 14.8. The summed E-state index contributed by atoms with van der Waals surface area (Å²) in [5.74, 6) is -0.817. The molecular formula is C17H22N4O5. The number of urea groups is 1. The quantitative estimate of drug-likeness (QED) is 0.750. The fourth-order valence-electron chi connectivity index (χ4n) is 3.21. The minimum absolute atomic E-state index is 0.218. The fourth-order valence-corrected chi connectivity index (χ4v) is 3.21. The molecule has 1 atom stereocenters. The van der Waals surface area contributed by atoms with E-state index in [1.54, 1.807) is 30.9 Å². The molecule has 2 saturated heterocycles. The maximum Gasteiger partial charge on any atom is 0.325 e. The van der Waals surface area contributed by atoms with E-state index in [0.717, 1.165) is 17.7 Å². The molecule has 2 aliphatic rings. The Hall–Kier alpha value is -2.84. The summed E-state index contributed by atoms with van der Waals surface area (Å²) in [4.78, 5) is 51.1. The number of carbonyl (C=O) groups is 4. The number of rotatable bonds is 4. The van der Waals surface area contributed by atoms with Crippen molar-refractivity contribution in [2.45, 2.75) is 38.3 Å². The molecule has 2 aliphatic heterocycles. The summed E-state index contributed by atoms with van der Waals surface area (Å²) in [6, 6.07) is 2.44. The van der Waals surface area contributed by atoms with Crippen LogP contribution in [0.5, 0.6) is 0 Å². The maximum absolute atomic E-state index is 12.3. The summed E-state index contributed by atoms with van der Waals surface area (Å²) in [7, 11) is 0. The van der Waals surface area contributed by atoms with Gasteiger partial charge in [0.1, 0.15) is 12.1 Å². The third-order valence-electron chi connectivity index (χ3n) is 4.55. The van der Waals surface area contributed by atoms with Gasteiger partial charge in [0.2, 0.25) is 5.91 Å². The first-order valence-corrected chi connectivity index (χ1v) is 8.54. The molecule has 1 aromatic rings. The third-order valence-corrected chi connectivity index (χ3v) is 4.55. The Morgan fingerprint density at radius 3 is 2.77 bits per heavy atom. The molecule has 5 amide bonds. The number of hydrogen-bond acceptors (Lipinski definition) is 5. The van der Waals surface area contributed by atoms with Gasteiger partial charge in [0.15, 0.2) is 5.76 Å². The molecule has 1 aromatic heterocycles. The van der Waals surface area contributed by atoms with Gasteiger partial charge in [-0.25, -0.2) is 4.79 Å². The van der Waals surface area contributed by atoms with E-state index in [4.69, 9.17) is 4.42 Å². The number of nitrogens with zero attached hydrogens (tertiary/aromatic N) is 2. The van der Waals surface area contributed by atoms with Crippen molar-refractivity contribution in [1.82, 2.24) is 20.4 Å². The summed E-state index contributed by atoms with van der Waals surface area (Å²) in [5, 5.41) is 5.34. The Kier molecular flexibility index (Phi) is 4.71. The zero-order chi connectivity index (χ0) is 18.9. The predicted octanol–water partition coefficient (Wildman–Crippen LogP) is 0.331. The first-order valence-electron chi connectivity index (χ1n) is 8.54. The van der Waals surface area contributed by atoms with Gasteiger partial charge in [-0.3, -0.25) is 19.3 Å². The fraction of sp³-hybridized carbons (Fsp3) is 0.529. The standard InChI is InChI=1S/C17H22N4O5/c1-17(2)15(24)21(16(25)19-17)10-13(22)18-11-5-3-7-20(9-11)14(23)12-6-4-8-26-12/h4,6,8,11H,3,5,7,9-10H2,1-2H3,(H,18,22)(H,19,25). The Morgan fingerprint density at radius 1 is 1.38 bits per heavy atom. The van der Waals surface area contributed by atoms with Crippen molar-refractivity contribution in [2.75, 3.05) is 19.6 Å². The molecule has 3 rings (SSSR count). The Labute approximate surface area is 150 Å². The lowest BCUT2D eigenvalue weighted by molar-refractivity contribution is -0.134. The second-order valence-electron chi connectivity index (χ2n) is 7.08. The lowest BCUT2D eigenvalue weighted by Gasteiger charge is -2.32. The molecule has 2 fully saturated rings. The van der Waals surface area contributed by atoms with Crippen molar-refractivity contribution in [3.8, 4) is 0 Å². The van der Waals surface area contributed by atoms with Crippen LogP contribution in [0.25, 0.3) is 0 Å². The molecule has 26 heavy (non-hydrogen) atoms. The van der Waals surface area contributed by atoms with Gasteiger partial charge in [0.05, 0.1) is 6.26 Å². The van der Waals surface area contributed by atoms with Crippen LogP contribution in [-0.4, -0.2) is 64.8 Å². The maximum atomic E-state index is 12.3. The molecule has 0 saturated carbocycles. The van der Waals surface area contributed by atoms with Gasteiger partial charge < -0.3 is 20.0 Å². The van der Waals surface area contributed by atoms with Gasteiger partial charge >= 0.3 is 6.03 Å². The summed E-state index contributed by atoms with van der Waals surface area (Å²) in [5.41, 5.74) is -1.01. The number of imide groups is 1. The Morgan fingerprint density at radius 2 is 2.15 bits per heavy atom. The van der Waals surface area contributed by atoms with Crippen LogP contribution in [-0.2, 0) is 9.59 Å². The summed E-state index contributed by atoms with van der Waals surface area (Å²) in [6.45, 7) is 3.79. The Bertz CT molecular complexity index is 728. The van der Waals surface area contributed by atoms with Crippen LogP contribution in [0.4, 0.5) is 4.79 Å². The van der Waals surface area contributed by atoms with E-state index in [2.05, 4.69) is 10.6 Å². The molecular weight excluding hydrogens is 340 g/mol. The van der Waals surface area contributed by atoms with Crippen LogP contribution in [0.1, 0.15) is 37.2 Å². The van der Waals surface area contributed by atoms with E-state index in [-0.39, 0.29) is 24.3 Å². The van der Waals surface area contributed by atoms with Crippen LogP contribution in [0.15, 0.2) is 22.8 Å². The van der Waals surface area contributed by atoms with Gasteiger partial charge in [0, 0.05) is 19.1 Å².